The van der Waals surface area contributed by atoms with Crippen LogP contribution >= 0.6 is 0 Å². The van der Waals surface area contributed by atoms with Crippen LogP contribution in [0.1, 0.15) is 18.4 Å². The Kier molecular flexibility index (Phi) is 3.11. The lowest BCUT2D eigenvalue weighted by molar-refractivity contribution is 0.578. The second kappa shape index (κ2) is 4.53. The van der Waals surface area contributed by atoms with Gasteiger partial charge >= 0.3 is 0 Å². The fraction of sp³-hybridized carbons (Fsp3) is 0.333. The van der Waals surface area contributed by atoms with E-state index in [0.717, 1.165) is 0 Å². The summed E-state index contributed by atoms with van der Waals surface area (Å²) in [5, 5.41) is 3.23. The quantitative estimate of drug-likeness (QED) is 0.804. The Hall–Kier alpha value is -1.22. The molecule has 0 heterocycles. The molecule has 1 aromatic rings. The minimum absolute atomic E-state index is 0.0371. The van der Waals surface area contributed by atoms with Crippen molar-refractivity contribution < 1.29 is 8.78 Å². The Morgan fingerprint density at radius 1 is 1.27 bits per heavy atom. The predicted octanol–water partition coefficient (Wildman–Crippen LogP) is 2.73. The lowest BCUT2D eigenvalue weighted by Crippen LogP contribution is -2.15. The minimum Gasteiger partial charge on any atom is -0.311 e. The Morgan fingerprint density at radius 3 is 2.53 bits per heavy atom. The zero-order chi connectivity index (χ0) is 10.7. The second-order valence-corrected chi connectivity index (χ2v) is 3.72. The largest absolute Gasteiger partial charge is 0.311 e. The van der Waals surface area contributed by atoms with Crippen LogP contribution in [0.25, 0.3) is 6.08 Å². The summed E-state index contributed by atoms with van der Waals surface area (Å²) in [5.41, 5.74) is 0.0371. The maximum atomic E-state index is 13.1. The highest BCUT2D eigenvalue weighted by Crippen LogP contribution is 2.18. The third kappa shape index (κ3) is 2.86. The average Bonchev–Trinajstić information content (AvgIpc) is 3.00. The molecule has 1 nitrogen and oxygen atoms in total. The summed E-state index contributed by atoms with van der Waals surface area (Å²) in [6.45, 7) is 0.665. The van der Waals surface area contributed by atoms with E-state index in [1.54, 1.807) is 6.08 Å². The van der Waals surface area contributed by atoms with E-state index in [-0.39, 0.29) is 5.56 Å². The van der Waals surface area contributed by atoms with Gasteiger partial charge in [-0.1, -0.05) is 18.2 Å². The number of rotatable bonds is 4. The second-order valence-electron chi connectivity index (χ2n) is 3.72. The van der Waals surface area contributed by atoms with Gasteiger partial charge in [0.25, 0.3) is 0 Å². The first-order valence-corrected chi connectivity index (χ1v) is 5.11. The van der Waals surface area contributed by atoms with E-state index < -0.39 is 11.6 Å². The van der Waals surface area contributed by atoms with Crippen molar-refractivity contribution in [2.45, 2.75) is 18.9 Å². The first kappa shape index (κ1) is 10.3. The number of hydrogen-bond acceptors (Lipinski definition) is 1. The molecule has 0 aromatic heterocycles. The number of nitrogens with one attached hydrogen (secondary N) is 1. The first-order valence-electron chi connectivity index (χ1n) is 5.11. The summed E-state index contributed by atoms with van der Waals surface area (Å²) < 4.78 is 26.3. The Balaban J connectivity index is 1.95. The molecule has 0 atom stereocenters. The van der Waals surface area contributed by atoms with Gasteiger partial charge in [-0.05, 0) is 25.0 Å². The molecule has 0 amide bonds. The molecule has 1 aliphatic carbocycles. The number of benzene rings is 1. The summed E-state index contributed by atoms with van der Waals surface area (Å²) in [7, 11) is 0. The molecule has 1 aromatic carbocycles. The molecule has 0 bridgehead atoms. The van der Waals surface area contributed by atoms with Gasteiger partial charge in [-0.2, -0.15) is 0 Å². The third-order valence-electron chi connectivity index (χ3n) is 2.39. The maximum absolute atomic E-state index is 13.1. The molecule has 0 spiro atoms. The Labute approximate surface area is 87.8 Å². The summed E-state index contributed by atoms with van der Waals surface area (Å²) in [4.78, 5) is 0. The van der Waals surface area contributed by atoms with Crippen molar-refractivity contribution in [3.8, 4) is 0 Å². The maximum Gasteiger partial charge on any atom is 0.133 e. The van der Waals surface area contributed by atoms with Crippen molar-refractivity contribution >= 4 is 6.08 Å². The summed E-state index contributed by atoms with van der Waals surface area (Å²) in [6, 6.07) is 4.50. The van der Waals surface area contributed by atoms with Crippen LogP contribution in [0.4, 0.5) is 8.78 Å². The van der Waals surface area contributed by atoms with Crippen LogP contribution < -0.4 is 5.32 Å². The zero-order valence-corrected chi connectivity index (χ0v) is 8.34. The van der Waals surface area contributed by atoms with E-state index in [1.807, 2.05) is 0 Å². The highest BCUT2D eigenvalue weighted by Gasteiger charge is 2.18. The molecule has 1 saturated carbocycles. The summed E-state index contributed by atoms with van der Waals surface area (Å²) in [5.74, 6) is -1.03. The topological polar surface area (TPSA) is 12.0 Å². The summed E-state index contributed by atoms with van der Waals surface area (Å²) in [6.07, 6.45) is 5.66. The van der Waals surface area contributed by atoms with Crippen molar-refractivity contribution in [3.63, 3.8) is 0 Å². The average molecular weight is 209 g/mol. The molecular formula is C12H13F2N. The van der Waals surface area contributed by atoms with Gasteiger partial charge in [-0.25, -0.2) is 8.78 Å². The van der Waals surface area contributed by atoms with Crippen molar-refractivity contribution in [1.82, 2.24) is 5.32 Å². The molecule has 0 unspecified atom stereocenters. The normalized spacial score (nSPS) is 16.1. The Bertz CT molecular complexity index is 350. The van der Waals surface area contributed by atoms with Crippen LogP contribution in [0, 0.1) is 11.6 Å². The van der Waals surface area contributed by atoms with E-state index in [1.165, 1.54) is 37.1 Å². The van der Waals surface area contributed by atoms with Gasteiger partial charge in [0, 0.05) is 18.2 Å². The van der Waals surface area contributed by atoms with E-state index >= 15 is 0 Å². The van der Waals surface area contributed by atoms with Gasteiger partial charge in [-0.3, -0.25) is 0 Å². The smallest absolute Gasteiger partial charge is 0.133 e. The van der Waals surface area contributed by atoms with Crippen molar-refractivity contribution in [2.24, 2.45) is 0 Å². The van der Waals surface area contributed by atoms with Gasteiger partial charge in [0.15, 0.2) is 0 Å². The van der Waals surface area contributed by atoms with Gasteiger partial charge in [0.05, 0.1) is 0 Å². The highest BCUT2D eigenvalue weighted by molar-refractivity contribution is 5.50. The third-order valence-corrected chi connectivity index (χ3v) is 2.39. The first-order chi connectivity index (χ1) is 7.27. The monoisotopic (exact) mass is 209 g/mol. The highest BCUT2D eigenvalue weighted by atomic mass is 19.1. The fourth-order valence-electron chi connectivity index (χ4n) is 1.37. The predicted molar refractivity (Wildman–Crippen MR) is 56.4 cm³/mol. The standard InChI is InChI=1S/C12H13F2N/c13-11-4-1-5-12(14)10(11)3-2-8-15-9-6-7-9/h1-5,9,15H,6-8H2. The van der Waals surface area contributed by atoms with Gasteiger partial charge in [0.2, 0.25) is 0 Å². The fourth-order valence-corrected chi connectivity index (χ4v) is 1.37. The van der Waals surface area contributed by atoms with Crippen molar-refractivity contribution in [3.05, 3.63) is 41.5 Å². The van der Waals surface area contributed by atoms with Crippen molar-refractivity contribution in [2.75, 3.05) is 6.54 Å². The van der Waals surface area contributed by atoms with Crippen LogP contribution in [-0.4, -0.2) is 12.6 Å². The summed E-state index contributed by atoms with van der Waals surface area (Å²) >= 11 is 0. The molecule has 1 fully saturated rings. The molecule has 0 radical (unpaired) electrons. The van der Waals surface area contributed by atoms with E-state index in [9.17, 15) is 8.78 Å². The molecule has 0 saturated heterocycles. The molecule has 80 valence electrons. The lowest BCUT2D eigenvalue weighted by Gasteiger charge is -1.99. The molecule has 1 N–H and O–H groups in total. The molecule has 1 aliphatic rings. The van der Waals surface area contributed by atoms with E-state index in [2.05, 4.69) is 5.32 Å². The lowest BCUT2D eigenvalue weighted by atomic mass is 10.2. The molecule has 15 heavy (non-hydrogen) atoms. The van der Waals surface area contributed by atoms with Crippen LogP contribution in [0.3, 0.4) is 0 Å². The van der Waals surface area contributed by atoms with E-state index in [4.69, 9.17) is 0 Å². The SMILES string of the molecule is Fc1cccc(F)c1C=CCNC1CC1. The Morgan fingerprint density at radius 2 is 1.93 bits per heavy atom. The molecule has 3 heteroatoms. The minimum atomic E-state index is -0.516. The van der Waals surface area contributed by atoms with Crippen LogP contribution in [-0.2, 0) is 0 Å². The van der Waals surface area contributed by atoms with Crippen LogP contribution in [0.2, 0.25) is 0 Å². The molecule has 2 rings (SSSR count). The van der Waals surface area contributed by atoms with Gasteiger partial charge in [0.1, 0.15) is 11.6 Å². The molecular weight excluding hydrogens is 196 g/mol. The van der Waals surface area contributed by atoms with Crippen molar-refractivity contribution in [1.29, 1.82) is 0 Å². The zero-order valence-electron chi connectivity index (χ0n) is 8.34. The van der Waals surface area contributed by atoms with Crippen LogP contribution in [0.15, 0.2) is 24.3 Å². The van der Waals surface area contributed by atoms with E-state index in [0.29, 0.717) is 12.6 Å². The molecule has 0 aliphatic heterocycles. The number of hydrogen-bond donors (Lipinski definition) is 1. The van der Waals surface area contributed by atoms with Gasteiger partial charge in [-0.15, -0.1) is 0 Å². The van der Waals surface area contributed by atoms with Crippen LogP contribution in [0.5, 0.6) is 0 Å². The number of halogens is 2. The van der Waals surface area contributed by atoms with Gasteiger partial charge < -0.3 is 5.32 Å².